The molecule has 1 aliphatic rings. The van der Waals surface area contributed by atoms with Gasteiger partial charge in [0.15, 0.2) is 0 Å². The van der Waals surface area contributed by atoms with Crippen LogP contribution in [0.25, 0.3) is 5.69 Å². The van der Waals surface area contributed by atoms with Crippen LogP contribution in [-0.2, 0) is 0 Å². The minimum absolute atomic E-state index is 0.0463. The molecule has 1 saturated heterocycles. The largest absolute Gasteiger partial charge is 0.339 e. The fourth-order valence-electron chi connectivity index (χ4n) is 3.67. The molecule has 5 nitrogen and oxygen atoms in total. The molecule has 2 heterocycles. The van der Waals surface area contributed by atoms with Crippen molar-refractivity contribution >= 4 is 5.91 Å². The molecule has 0 unspecified atom stereocenters. The summed E-state index contributed by atoms with van der Waals surface area (Å²) in [6, 6.07) is 6.20. The van der Waals surface area contributed by atoms with Crippen molar-refractivity contribution in [1.82, 2.24) is 20.0 Å². The van der Waals surface area contributed by atoms with Gasteiger partial charge in [-0.2, -0.15) is 5.10 Å². The number of hydrogen-bond donors (Lipinski definition) is 1. The number of rotatable bonds is 5. The molecule has 1 N–H and O–H groups in total. The number of nitrogens with one attached hydrogen (secondary N) is 1. The van der Waals surface area contributed by atoms with E-state index >= 15 is 0 Å². The van der Waals surface area contributed by atoms with Gasteiger partial charge in [-0.3, -0.25) is 4.79 Å². The monoisotopic (exact) mass is 358 g/mol. The Morgan fingerprint density at radius 3 is 2.50 bits per heavy atom. The van der Waals surface area contributed by atoms with Crippen LogP contribution in [0.1, 0.15) is 48.7 Å². The fourth-order valence-corrected chi connectivity index (χ4v) is 3.67. The lowest BCUT2D eigenvalue weighted by molar-refractivity contribution is 0.0689. The van der Waals surface area contributed by atoms with E-state index in [4.69, 9.17) is 0 Å². The first-order valence-electron chi connectivity index (χ1n) is 9.29. The van der Waals surface area contributed by atoms with Gasteiger partial charge in [-0.25, -0.2) is 9.07 Å². The fraction of sp³-hybridized carbons (Fsp3) is 0.500. The van der Waals surface area contributed by atoms with Crippen LogP contribution in [0.4, 0.5) is 4.39 Å². The Kier molecular flexibility index (Phi) is 5.71. The number of nitrogens with zero attached hydrogens (tertiary/aromatic N) is 3. The van der Waals surface area contributed by atoms with Crippen LogP contribution >= 0.6 is 0 Å². The van der Waals surface area contributed by atoms with Gasteiger partial charge in [-0.1, -0.05) is 13.8 Å². The Hall–Kier alpha value is -2.21. The van der Waals surface area contributed by atoms with E-state index in [9.17, 15) is 9.18 Å². The quantitative estimate of drug-likeness (QED) is 0.893. The van der Waals surface area contributed by atoms with Crippen molar-refractivity contribution in [3.05, 3.63) is 47.5 Å². The van der Waals surface area contributed by atoms with E-state index in [0.717, 1.165) is 43.9 Å². The zero-order chi connectivity index (χ0) is 18.7. The molecule has 2 aromatic rings. The van der Waals surface area contributed by atoms with Crippen molar-refractivity contribution in [3.8, 4) is 5.69 Å². The summed E-state index contributed by atoms with van der Waals surface area (Å²) in [5.41, 5.74) is 2.29. The average molecular weight is 358 g/mol. The summed E-state index contributed by atoms with van der Waals surface area (Å²) in [4.78, 5) is 15.0. The number of benzene rings is 1. The maximum absolute atomic E-state index is 13.2. The molecule has 6 heteroatoms. The van der Waals surface area contributed by atoms with Crippen molar-refractivity contribution in [1.29, 1.82) is 0 Å². The third-order valence-corrected chi connectivity index (χ3v) is 5.05. The summed E-state index contributed by atoms with van der Waals surface area (Å²) in [5, 5.41) is 7.65. The Bertz CT molecular complexity index is 746. The smallest absolute Gasteiger partial charge is 0.257 e. The van der Waals surface area contributed by atoms with Crippen LogP contribution in [0, 0.1) is 11.7 Å². The lowest BCUT2D eigenvalue weighted by Crippen LogP contribution is -2.40. The van der Waals surface area contributed by atoms with Crippen molar-refractivity contribution in [2.24, 2.45) is 5.92 Å². The number of likely N-dealkylation sites (tertiary alicyclic amines) is 1. The number of carbonyl (C=O) groups excluding carboxylic acids is 1. The molecule has 0 spiro atoms. The van der Waals surface area contributed by atoms with Gasteiger partial charge in [0, 0.05) is 13.1 Å². The molecule has 0 radical (unpaired) electrons. The second-order valence-electron chi connectivity index (χ2n) is 7.28. The van der Waals surface area contributed by atoms with Gasteiger partial charge in [0.25, 0.3) is 5.91 Å². The average Bonchev–Trinajstić information content (AvgIpc) is 3.08. The molecular formula is C20H27FN4O. The highest BCUT2D eigenvalue weighted by Gasteiger charge is 2.28. The van der Waals surface area contributed by atoms with Gasteiger partial charge in [0.05, 0.1) is 23.1 Å². The van der Waals surface area contributed by atoms with Gasteiger partial charge in [0.2, 0.25) is 0 Å². The number of carbonyl (C=O) groups is 1. The number of amides is 1. The lowest BCUT2D eigenvalue weighted by atomic mass is 9.96. The van der Waals surface area contributed by atoms with Crippen molar-refractivity contribution < 1.29 is 9.18 Å². The first kappa shape index (κ1) is 18.6. The first-order chi connectivity index (χ1) is 12.5. The van der Waals surface area contributed by atoms with Crippen LogP contribution in [0.3, 0.4) is 0 Å². The molecular weight excluding hydrogens is 331 g/mol. The maximum Gasteiger partial charge on any atom is 0.257 e. The minimum atomic E-state index is -0.284. The first-order valence-corrected chi connectivity index (χ1v) is 9.29. The van der Waals surface area contributed by atoms with E-state index in [1.165, 1.54) is 12.1 Å². The lowest BCUT2D eigenvalue weighted by Gasteiger charge is -2.32. The third-order valence-electron chi connectivity index (χ3n) is 5.05. The molecule has 1 aliphatic heterocycles. The minimum Gasteiger partial charge on any atom is -0.339 e. The predicted octanol–water partition coefficient (Wildman–Crippen LogP) is 3.21. The van der Waals surface area contributed by atoms with Crippen LogP contribution in [-0.4, -0.2) is 47.3 Å². The summed E-state index contributed by atoms with van der Waals surface area (Å²) in [6.45, 7) is 6.66. The molecule has 0 bridgehead atoms. The predicted molar refractivity (Wildman–Crippen MR) is 100 cm³/mol. The van der Waals surface area contributed by atoms with Gasteiger partial charge in [-0.05, 0) is 62.5 Å². The number of halogens is 1. The van der Waals surface area contributed by atoms with Gasteiger partial charge in [-0.15, -0.1) is 0 Å². The van der Waals surface area contributed by atoms with Gasteiger partial charge < -0.3 is 10.2 Å². The molecule has 140 valence electrons. The van der Waals surface area contributed by atoms with E-state index < -0.39 is 0 Å². The standard InChI is InChI=1S/C20H27FN4O/c1-14(2)19-18(13-23-25(19)17-6-4-16(21)5-7-17)20(26)24-10-8-15(9-11-24)12-22-3/h4-7,13-15,22H,8-12H2,1-3H3. The third kappa shape index (κ3) is 3.80. The summed E-state index contributed by atoms with van der Waals surface area (Å²) in [5.74, 6) is 0.525. The van der Waals surface area contributed by atoms with Crippen molar-refractivity contribution in [2.75, 3.05) is 26.7 Å². The zero-order valence-electron chi connectivity index (χ0n) is 15.7. The Morgan fingerprint density at radius 1 is 1.27 bits per heavy atom. The molecule has 1 amide bonds. The van der Waals surface area contributed by atoms with Crippen molar-refractivity contribution in [2.45, 2.75) is 32.6 Å². The summed E-state index contributed by atoms with van der Waals surface area (Å²) in [7, 11) is 1.97. The zero-order valence-corrected chi connectivity index (χ0v) is 15.7. The summed E-state index contributed by atoms with van der Waals surface area (Å²) < 4.78 is 15.0. The topological polar surface area (TPSA) is 50.2 Å². The van der Waals surface area contributed by atoms with E-state index in [-0.39, 0.29) is 17.6 Å². The molecule has 26 heavy (non-hydrogen) atoms. The van der Waals surface area contributed by atoms with E-state index in [0.29, 0.717) is 11.5 Å². The highest BCUT2D eigenvalue weighted by molar-refractivity contribution is 5.95. The van der Waals surface area contributed by atoms with E-state index in [2.05, 4.69) is 10.4 Å². The van der Waals surface area contributed by atoms with E-state index in [1.807, 2.05) is 25.8 Å². The highest BCUT2D eigenvalue weighted by Crippen LogP contribution is 2.26. The number of aromatic nitrogens is 2. The van der Waals surface area contributed by atoms with Crippen LogP contribution in [0.2, 0.25) is 0 Å². The van der Waals surface area contributed by atoms with Gasteiger partial charge in [0.1, 0.15) is 5.82 Å². The molecule has 1 fully saturated rings. The normalized spacial score (nSPS) is 15.7. The molecule has 1 aromatic heterocycles. The molecule has 3 rings (SSSR count). The Labute approximate surface area is 154 Å². The second-order valence-corrected chi connectivity index (χ2v) is 7.28. The SMILES string of the molecule is CNCC1CCN(C(=O)c2cnn(-c3ccc(F)cc3)c2C(C)C)CC1. The van der Waals surface area contributed by atoms with Crippen LogP contribution in [0.5, 0.6) is 0 Å². The van der Waals surface area contributed by atoms with Crippen LogP contribution in [0.15, 0.2) is 30.5 Å². The molecule has 0 atom stereocenters. The van der Waals surface area contributed by atoms with Gasteiger partial charge >= 0.3 is 0 Å². The van der Waals surface area contributed by atoms with Crippen LogP contribution < -0.4 is 5.32 Å². The number of hydrogen-bond acceptors (Lipinski definition) is 3. The molecule has 1 aromatic carbocycles. The number of piperidine rings is 1. The second kappa shape index (κ2) is 7.99. The molecule has 0 saturated carbocycles. The summed E-state index contributed by atoms with van der Waals surface area (Å²) >= 11 is 0. The summed E-state index contributed by atoms with van der Waals surface area (Å²) in [6.07, 6.45) is 3.70. The Balaban J connectivity index is 1.84. The Morgan fingerprint density at radius 2 is 1.92 bits per heavy atom. The van der Waals surface area contributed by atoms with E-state index in [1.54, 1.807) is 23.0 Å². The van der Waals surface area contributed by atoms with Crippen molar-refractivity contribution in [3.63, 3.8) is 0 Å². The highest BCUT2D eigenvalue weighted by atomic mass is 19.1. The molecule has 0 aliphatic carbocycles. The maximum atomic E-state index is 13.2.